The highest BCUT2D eigenvalue weighted by molar-refractivity contribution is 6.33. The molecule has 0 fully saturated rings. The monoisotopic (exact) mass is 352 g/mol. The number of hydrogen-bond donors (Lipinski definition) is 3. The van der Waals surface area contributed by atoms with E-state index >= 15 is 0 Å². The van der Waals surface area contributed by atoms with Gasteiger partial charge in [0.25, 0.3) is 0 Å². The molecule has 3 aromatic rings. The molecule has 1 heterocycles. The third-order valence-corrected chi connectivity index (χ3v) is 3.65. The molecule has 5 nitrogen and oxygen atoms in total. The summed E-state index contributed by atoms with van der Waals surface area (Å²) < 4.78 is 5.78. The van der Waals surface area contributed by atoms with Gasteiger partial charge in [-0.3, -0.25) is 5.10 Å². The molecule has 0 aliphatic heterocycles. The number of aromatic amines is 1. The fourth-order valence-corrected chi connectivity index (χ4v) is 2.49. The molecule has 3 rings (SSSR count). The fraction of sp³-hybridized carbons (Fsp3) is 0. The van der Waals surface area contributed by atoms with Crippen molar-refractivity contribution >= 4 is 29.2 Å². The summed E-state index contributed by atoms with van der Waals surface area (Å²) in [5, 5.41) is 8.34. The van der Waals surface area contributed by atoms with Crippen LogP contribution in [-0.4, -0.2) is 10.2 Å². The Balaban J connectivity index is 1.98. The highest BCUT2D eigenvalue weighted by Gasteiger charge is 2.06. The van der Waals surface area contributed by atoms with Crippen molar-refractivity contribution in [2.45, 2.75) is 0 Å². The first-order chi connectivity index (χ1) is 12.0. The molecule has 0 unspecified atom stereocenters. The smallest absolute Gasteiger partial charge is 0.155 e. The minimum absolute atomic E-state index is 0.297. The van der Waals surface area contributed by atoms with Gasteiger partial charge < -0.3 is 16.2 Å². The summed E-state index contributed by atoms with van der Waals surface area (Å²) in [7, 11) is 0. The lowest BCUT2D eigenvalue weighted by Crippen LogP contribution is -2.30. The summed E-state index contributed by atoms with van der Waals surface area (Å²) in [4.78, 5) is 0. The van der Waals surface area contributed by atoms with Crippen LogP contribution in [0.3, 0.4) is 0 Å². The van der Waals surface area contributed by atoms with E-state index in [4.69, 9.17) is 27.8 Å². The summed E-state index contributed by atoms with van der Waals surface area (Å²) in [6, 6.07) is 17.0. The Morgan fingerprint density at radius 2 is 1.72 bits per heavy atom. The van der Waals surface area contributed by atoms with Crippen molar-refractivity contribution in [2.75, 3.05) is 5.73 Å². The van der Waals surface area contributed by atoms with Crippen LogP contribution in [0.5, 0.6) is 11.5 Å². The Bertz CT molecular complexity index is 1010. The topological polar surface area (TPSA) is 90.0 Å². The minimum atomic E-state index is 0.297. The molecule has 0 spiro atoms. The van der Waals surface area contributed by atoms with E-state index in [-0.39, 0.29) is 0 Å². The first-order valence-electron chi connectivity index (χ1n) is 7.53. The SMILES string of the molecule is C=C(Cl)/C=c1/[nH]nc(N)/c1=C(/N)c1ccc(Oc2ccccc2)cc1. The summed E-state index contributed by atoms with van der Waals surface area (Å²) in [6.45, 7) is 3.64. The molecule has 126 valence electrons. The highest BCUT2D eigenvalue weighted by Crippen LogP contribution is 2.22. The lowest BCUT2D eigenvalue weighted by Gasteiger charge is -2.07. The van der Waals surface area contributed by atoms with Crippen molar-refractivity contribution in [1.82, 2.24) is 10.2 Å². The lowest BCUT2D eigenvalue weighted by molar-refractivity contribution is 0.482. The van der Waals surface area contributed by atoms with E-state index in [9.17, 15) is 0 Å². The predicted octanol–water partition coefficient (Wildman–Crippen LogP) is 2.43. The maximum Gasteiger partial charge on any atom is 0.155 e. The van der Waals surface area contributed by atoms with E-state index in [0.29, 0.717) is 32.9 Å². The second-order valence-corrected chi connectivity index (χ2v) is 5.83. The first-order valence-corrected chi connectivity index (χ1v) is 7.91. The fourth-order valence-electron chi connectivity index (χ4n) is 2.39. The maximum absolute atomic E-state index is 6.28. The molecule has 0 saturated carbocycles. The van der Waals surface area contributed by atoms with Gasteiger partial charge in [0.2, 0.25) is 0 Å². The van der Waals surface area contributed by atoms with E-state index in [2.05, 4.69) is 16.8 Å². The minimum Gasteiger partial charge on any atom is -0.457 e. The number of nitrogens with zero attached hydrogens (tertiary/aromatic N) is 1. The molecule has 0 aliphatic carbocycles. The number of nitrogens with two attached hydrogens (primary N) is 2. The third-order valence-electron chi connectivity index (χ3n) is 3.54. The van der Waals surface area contributed by atoms with Gasteiger partial charge in [-0.05, 0) is 48.0 Å². The van der Waals surface area contributed by atoms with Crippen LogP contribution in [0, 0.1) is 0 Å². The van der Waals surface area contributed by atoms with E-state index < -0.39 is 0 Å². The number of allylic oxidation sites excluding steroid dienone is 1. The average molecular weight is 353 g/mol. The number of halogens is 1. The van der Waals surface area contributed by atoms with E-state index in [1.807, 2.05) is 54.6 Å². The lowest BCUT2D eigenvalue weighted by atomic mass is 10.1. The number of anilines is 1. The van der Waals surface area contributed by atoms with Crippen LogP contribution < -0.4 is 26.8 Å². The largest absolute Gasteiger partial charge is 0.457 e. The molecular weight excluding hydrogens is 336 g/mol. The van der Waals surface area contributed by atoms with E-state index in [0.717, 1.165) is 11.3 Å². The van der Waals surface area contributed by atoms with E-state index in [1.165, 1.54) is 0 Å². The van der Waals surface area contributed by atoms with Crippen LogP contribution in [0.25, 0.3) is 11.8 Å². The van der Waals surface area contributed by atoms with Crippen molar-refractivity contribution < 1.29 is 4.74 Å². The van der Waals surface area contributed by atoms with Crippen LogP contribution in [0.2, 0.25) is 0 Å². The molecule has 0 atom stereocenters. The van der Waals surface area contributed by atoms with Gasteiger partial charge in [-0.25, -0.2) is 0 Å². The molecule has 5 N–H and O–H groups in total. The average Bonchev–Trinajstić information content (AvgIpc) is 2.95. The molecular formula is C19H17ClN4O. The number of aromatic nitrogens is 2. The quantitative estimate of drug-likeness (QED) is 0.672. The van der Waals surface area contributed by atoms with Gasteiger partial charge in [-0.1, -0.05) is 36.4 Å². The number of rotatable bonds is 4. The standard InChI is InChI=1S/C19H17ClN4O/c1-12(20)11-16-17(19(22)24-23-16)18(21)13-7-9-15(10-8-13)25-14-5-3-2-4-6-14/h2-11,23H,1,21H2,(H2,22,24)/b16-11+,18-17+. The number of para-hydroxylation sites is 1. The number of nitrogens with one attached hydrogen (secondary N) is 1. The zero-order valence-corrected chi connectivity index (χ0v) is 14.1. The third kappa shape index (κ3) is 3.84. The molecule has 25 heavy (non-hydrogen) atoms. The van der Waals surface area contributed by atoms with Crippen LogP contribution in [0.4, 0.5) is 5.82 Å². The highest BCUT2D eigenvalue weighted by atomic mass is 35.5. The van der Waals surface area contributed by atoms with Gasteiger partial charge in [-0.15, -0.1) is 0 Å². The summed E-state index contributed by atoms with van der Waals surface area (Å²) in [6.07, 6.45) is 1.62. The van der Waals surface area contributed by atoms with Gasteiger partial charge in [0.1, 0.15) is 11.5 Å². The van der Waals surface area contributed by atoms with Crippen molar-refractivity contribution in [2.24, 2.45) is 5.73 Å². The number of nitrogen functional groups attached to an aromatic ring is 1. The first kappa shape index (κ1) is 16.7. The van der Waals surface area contributed by atoms with Crippen molar-refractivity contribution in [3.05, 3.63) is 82.3 Å². The van der Waals surface area contributed by atoms with Crippen LogP contribution in [-0.2, 0) is 0 Å². The van der Waals surface area contributed by atoms with Gasteiger partial charge in [0.05, 0.1) is 16.3 Å². The second kappa shape index (κ2) is 7.15. The molecule has 0 saturated heterocycles. The zero-order chi connectivity index (χ0) is 17.8. The second-order valence-electron chi connectivity index (χ2n) is 5.34. The zero-order valence-electron chi connectivity index (χ0n) is 13.4. The summed E-state index contributed by atoms with van der Waals surface area (Å²) in [5.74, 6) is 1.78. The number of ether oxygens (including phenoxy) is 1. The Kier molecular flexibility index (Phi) is 4.77. The van der Waals surface area contributed by atoms with Crippen LogP contribution >= 0.6 is 11.6 Å². The van der Waals surface area contributed by atoms with Crippen LogP contribution in [0.1, 0.15) is 5.56 Å². The molecule has 0 radical (unpaired) electrons. The Hall–Kier alpha value is -3.18. The summed E-state index contributed by atoms with van der Waals surface area (Å²) in [5.41, 5.74) is 13.5. The van der Waals surface area contributed by atoms with Crippen molar-refractivity contribution in [3.63, 3.8) is 0 Å². The number of benzene rings is 2. The summed E-state index contributed by atoms with van der Waals surface area (Å²) >= 11 is 5.84. The van der Waals surface area contributed by atoms with Crippen molar-refractivity contribution in [3.8, 4) is 11.5 Å². The molecule has 1 aromatic heterocycles. The normalized spacial score (nSPS) is 12.8. The number of H-pyrrole nitrogens is 1. The molecule has 2 aromatic carbocycles. The molecule has 0 bridgehead atoms. The Labute approximate surface area is 149 Å². The van der Waals surface area contributed by atoms with Gasteiger partial charge in [0, 0.05) is 5.03 Å². The van der Waals surface area contributed by atoms with Gasteiger partial charge in [-0.2, -0.15) is 5.10 Å². The van der Waals surface area contributed by atoms with E-state index in [1.54, 1.807) is 6.08 Å². The molecule has 0 amide bonds. The predicted molar refractivity (Wildman–Crippen MR) is 101 cm³/mol. The maximum atomic E-state index is 6.28. The van der Waals surface area contributed by atoms with Gasteiger partial charge in [0.15, 0.2) is 5.82 Å². The Morgan fingerprint density at radius 1 is 1.08 bits per heavy atom. The van der Waals surface area contributed by atoms with Gasteiger partial charge >= 0.3 is 0 Å². The molecule has 0 aliphatic rings. The Morgan fingerprint density at radius 3 is 2.36 bits per heavy atom. The number of hydrogen-bond acceptors (Lipinski definition) is 4. The van der Waals surface area contributed by atoms with Crippen molar-refractivity contribution in [1.29, 1.82) is 0 Å². The molecule has 6 heteroatoms. The van der Waals surface area contributed by atoms with Crippen LogP contribution in [0.15, 0.2) is 66.2 Å².